The van der Waals surface area contributed by atoms with Crippen LogP contribution in [0.2, 0.25) is 10.0 Å². The van der Waals surface area contributed by atoms with Crippen LogP contribution in [0.3, 0.4) is 0 Å². The first-order valence-corrected chi connectivity index (χ1v) is 8.28. The van der Waals surface area contributed by atoms with Crippen LogP contribution >= 0.6 is 23.2 Å². The SMILES string of the molecule is COc1ccc([N+](=O)[O-])cc1NC(=O)[C@H](C)OC(=O)c1c(Cl)cccc1Cl. The highest BCUT2D eigenvalue weighted by Crippen LogP contribution is 2.29. The number of nitro groups is 1. The van der Waals surface area contributed by atoms with Crippen molar-refractivity contribution in [1.82, 2.24) is 0 Å². The zero-order chi connectivity index (χ0) is 20.1. The molecular formula is C17H14Cl2N2O6. The van der Waals surface area contributed by atoms with Gasteiger partial charge in [-0.15, -0.1) is 0 Å². The Morgan fingerprint density at radius 2 is 1.81 bits per heavy atom. The Kier molecular flexibility index (Phi) is 6.59. The van der Waals surface area contributed by atoms with Gasteiger partial charge in [0.15, 0.2) is 6.10 Å². The van der Waals surface area contributed by atoms with Crippen molar-refractivity contribution in [1.29, 1.82) is 0 Å². The molecule has 1 N–H and O–H groups in total. The maximum atomic E-state index is 12.3. The number of carbonyl (C=O) groups excluding carboxylic acids is 2. The Hall–Kier alpha value is -2.84. The molecule has 0 radical (unpaired) electrons. The van der Waals surface area contributed by atoms with Crippen LogP contribution < -0.4 is 10.1 Å². The molecule has 0 aliphatic heterocycles. The summed E-state index contributed by atoms with van der Waals surface area (Å²) in [5.74, 6) is -1.38. The molecule has 0 aromatic heterocycles. The number of amides is 1. The van der Waals surface area contributed by atoms with Crippen molar-refractivity contribution in [2.75, 3.05) is 12.4 Å². The number of hydrogen-bond donors (Lipinski definition) is 1. The van der Waals surface area contributed by atoms with Crippen LogP contribution in [0.4, 0.5) is 11.4 Å². The zero-order valence-electron chi connectivity index (χ0n) is 14.2. The summed E-state index contributed by atoms with van der Waals surface area (Å²) < 4.78 is 10.2. The highest BCUT2D eigenvalue weighted by atomic mass is 35.5. The largest absolute Gasteiger partial charge is 0.495 e. The second-order valence-electron chi connectivity index (χ2n) is 5.28. The van der Waals surface area contributed by atoms with Crippen LogP contribution in [-0.4, -0.2) is 30.0 Å². The number of ether oxygens (including phenoxy) is 2. The Balaban J connectivity index is 2.15. The number of nitro benzene ring substituents is 1. The van der Waals surface area contributed by atoms with Gasteiger partial charge in [-0.05, 0) is 25.1 Å². The number of non-ortho nitro benzene ring substituents is 1. The molecular weight excluding hydrogens is 399 g/mol. The van der Waals surface area contributed by atoms with Crippen LogP contribution in [0.25, 0.3) is 0 Å². The van der Waals surface area contributed by atoms with Gasteiger partial charge in [0.2, 0.25) is 0 Å². The van der Waals surface area contributed by atoms with Crippen molar-refractivity contribution in [2.24, 2.45) is 0 Å². The molecule has 142 valence electrons. The molecule has 0 aliphatic carbocycles. The van der Waals surface area contributed by atoms with Gasteiger partial charge in [-0.2, -0.15) is 0 Å². The Morgan fingerprint density at radius 3 is 2.37 bits per heavy atom. The van der Waals surface area contributed by atoms with Gasteiger partial charge < -0.3 is 14.8 Å². The fourth-order valence-electron chi connectivity index (χ4n) is 2.11. The van der Waals surface area contributed by atoms with Crippen molar-refractivity contribution in [3.63, 3.8) is 0 Å². The minimum atomic E-state index is -1.23. The predicted octanol–water partition coefficient (Wildman–Crippen LogP) is 4.09. The molecule has 2 aromatic carbocycles. The van der Waals surface area contributed by atoms with E-state index in [4.69, 9.17) is 32.7 Å². The van der Waals surface area contributed by atoms with E-state index >= 15 is 0 Å². The van der Waals surface area contributed by atoms with Crippen molar-refractivity contribution in [3.05, 3.63) is 62.1 Å². The van der Waals surface area contributed by atoms with Crippen molar-refractivity contribution < 1.29 is 24.0 Å². The van der Waals surface area contributed by atoms with E-state index in [2.05, 4.69) is 5.32 Å². The Bertz CT molecular complexity index is 883. The summed E-state index contributed by atoms with van der Waals surface area (Å²) >= 11 is 11.9. The molecule has 0 spiro atoms. The number of hydrogen-bond acceptors (Lipinski definition) is 6. The molecule has 10 heteroatoms. The topological polar surface area (TPSA) is 108 Å². The minimum Gasteiger partial charge on any atom is -0.495 e. The standard InChI is InChI=1S/C17H14Cl2N2O6/c1-9(27-17(23)15-11(18)4-3-5-12(15)19)16(22)20-13-8-10(21(24)25)6-7-14(13)26-2/h3-9H,1-2H3,(H,20,22)/t9-/m0/s1. The molecule has 0 heterocycles. The molecule has 0 bridgehead atoms. The summed E-state index contributed by atoms with van der Waals surface area (Å²) in [6, 6.07) is 8.19. The lowest BCUT2D eigenvalue weighted by Crippen LogP contribution is -2.30. The molecule has 27 heavy (non-hydrogen) atoms. The number of methoxy groups -OCH3 is 1. The molecule has 1 atom stereocenters. The van der Waals surface area contributed by atoms with Gasteiger partial charge in [0.25, 0.3) is 11.6 Å². The summed E-state index contributed by atoms with van der Waals surface area (Å²) in [6.07, 6.45) is -1.23. The van der Waals surface area contributed by atoms with Gasteiger partial charge in [0.1, 0.15) is 5.75 Å². The number of halogens is 2. The van der Waals surface area contributed by atoms with Gasteiger partial charge in [-0.1, -0.05) is 29.3 Å². The molecule has 0 saturated heterocycles. The van der Waals surface area contributed by atoms with E-state index in [1.165, 1.54) is 38.3 Å². The van der Waals surface area contributed by atoms with Crippen LogP contribution in [0.5, 0.6) is 5.75 Å². The lowest BCUT2D eigenvalue weighted by Gasteiger charge is -2.16. The van der Waals surface area contributed by atoms with E-state index in [-0.39, 0.29) is 32.7 Å². The first kappa shape index (κ1) is 20.5. The zero-order valence-corrected chi connectivity index (χ0v) is 15.7. The minimum absolute atomic E-state index is 0.0617. The molecule has 0 aliphatic rings. The van der Waals surface area contributed by atoms with Gasteiger partial charge in [-0.25, -0.2) is 4.79 Å². The number of esters is 1. The van der Waals surface area contributed by atoms with E-state index in [9.17, 15) is 19.7 Å². The van der Waals surface area contributed by atoms with Crippen LogP contribution in [0.15, 0.2) is 36.4 Å². The molecule has 2 rings (SSSR count). The number of anilines is 1. The number of nitrogens with zero attached hydrogens (tertiary/aromatic N) is 1. The average molecular weight is 413 g/mol. The van der Waals surface area contributed by atoms with Crippen molar-refractivity contribution in [2.45, 2.75) is 13.0 Å². The Labute approximate surface area is 164 Å². The summed E-state index contributed by atoms with van der Waals surface area (Å²) in [6.45, 7) is 1.34. The fraction of sp³-hybridized carbons (Fsp3) is 0.176. The van der Waals surface area contributed by atoms with E-state index in [1.807, 2.05) is 0 Å². The first-order valence-electron chi connectivity index (χ1n) is 7.53. The fourth-order valence-corrected chi connectivity index (χ4v) is 2.66. The third-order valence-corrected chi connectivity index (χ3v) is 4.10. The van der Waals surface area contributed by atoms with Gasteiger partial charge in [0, 0.05) is 12.1 Å². The number of nitrogens with one attached hydrogen (secondary N) is 1. The quantitative estimate of drug-likeness (QED) is 0.434. The molecule has 1 amide bonds. The van der Waals surface area contributed by atoms with E-state index in [0.29, 0.717) is 0 Å². The molecule has 2 aromatic rings. The normalized spacial score (nSPS) is 11.4. The summed E-state index contributed by atoms with van der Waals surface area (Å²) in [4.78, 5) is 34.8. The van der Waals surface area contributed by atoms with Gasteiger partial charge in [0.05, 0.1) is 33.3 Å². The van der Waals surface area contributed by atoms with Crippen LogP contribution in [0, 0.1) is 10.1 Å². The van der Waals surface area contributed by atoms with Gasteiger partial charge in [-0.3, -0.25) is 14.9 Å². The summed E-state index contributed by atoms with van der Waals surface area (Å²) in [5.41, 5.74) is -0.234. The molecule has 0 unspecified atom stereocenters. The lowest BCUT2D eigenvalue weighted by atomic mass is 10.2. The van der Waals surface area contributed by atoms with Crippen molar-refractivity contribution in [3.8, 4) is 5.75 Å². The van der Waals surface area contributed by atoms with Crippen LogP contribution in [0.1, 0.15) is 17.3 Å². The highest BCUT2D eigenvalue weighted by molar-refractivity contribution is 6.39. The van der Waals surface area contributed by atoms with E-state index < -0.39 is 22.9 Å². The summed E-state index contributed by atoms with van der Waals surface area (Å²) in [5, 5.41) is 13.5. The lowest BCUT2D eigenvalue weighted by molar-refractivity contribution is -0.384. The second-order valence-corrected chi connectivity index (χ2v) is 6.09. The van der Waals surface area contributed by atoms with E-state index in [1.54, 1.807) is 6.07 Å². The third-order valence-electron chi connectivity index (χ3n) is 3.47. The molecule has 0 fully saturated rings. The summed E-state index contributed by atoms with van der Waals surface area (Å²) in [7, 11) is 1.35. The maximum absolute atomic E-state index is 12.3. The third kappa shape index (κ3) is 4.87. The monoisotopic (exact) mass is 412 g/mol. The molecule has 0 saturated carbocycles. The van der Waals surface area contributed by atoms with Gasteiger partial charge >= 0.3 is 5.97 Å². The number of carbonyl (C=O) groups is 2. The van der Waals surface area contributed by atoms with Crippen LogP contribution in [-0.2, 0) is 9.53 Å². The smallest absolute Gasteiger partial charge is 0.341 e. The second kappa shape index (κ2) is 8.70. The number of rotatable bonds is 6. The first-order chi connectivity index (χ1) is 12.7. The van der Waals surface area contributed by atoms with Crippen molar-refractivity contribution >= 4 is 46.5 Å². The average Bonchev–Trinajstić information content (AvgIpc) is 2.61. The predicted molar refractivity (Wildman–Crippen MR) is 99.6 cm³/mol. The van der Waals surface area contributed by atoms with E-state index in [0.717, 1.165) is 6.07 Å². The maximum Gasteiger partial charge on any atom is 0.341 e. The Morgan fingerprint density at radius 1 is 1.19 bits per heavy atom. The highest BCUT2D eigenvalue weighted by Gasteiger charge is 2.24. The number of benzene rings is 2. The molecule has 8 nitrogen and oxygen atoms in total.